The number of ether oxygens (including phenoxy) is 10. The van der Waals surface area contributed by atoms with Gasteiger partial charge in [0.05, 0.1) is 50.7 Å². The lowest BCUT2D eigenvalue weighted by molar-refractivity contribution is -0.391. The molecule has 9 unspecified atom stereocenters. The fourth-order valence-electron chi connectivity index (χ4n) is 17.5. The minimum Gasteiger partial charge on any atom is -0.432 e. The molecule has 9 fully saturated rings. The molecule has 86 heavy (non-hydrogen) atoms. The number of allylic oxidation sites excluding steroid dienone is 2. The topological polar surface area (TPSA) is 433 Å². The van der Waals surface area contributed by atoms with Gasteiger partial charge in [-0.2, -0.15) is 0 Å². The molecule has 10 aliphatic rings. The van der Waals surface area contributed by atoms with Gasteiger partial charge in [-0.25, -0.2) is 0 Å². The molecule has 4 saturated carbocycles. The molecular formula is C59H96O27. The summed E-state index contributed by atoms with van der Waals surface area (Å²) < 4.78 is 59.9. The molecule has 33 atom stereocenters. The molecule has 5 heterocycles. The Hall–Kier alpha value is -1.79. The third kappa shape index (κ3) is 11.2. The third-order valence-corrected chi connectivity index (χ3v) is 23.2. The fourth-order valence-corrected chi connectivity index (χ4v) is 17.5. The minimum absolute atomic E-state index is 0.0815. The molecule has 0 amide bonds. The molecule has 0 aromatic rings. The number of aliphatic hydroxyl groups excluding tert-OH is 16. The van der Waals surface area contributed by atoms with Gasteiger partial charge < -0.3 is 129 Å². The van der Waals surface area contributed by atoms with E-state index in [9.17, 15) is 81.7 Å². The van der Waals surface area contributed by atoms with Crippen LogP contribution in [0.2, 0.25) is 0 Å². The van der Waals surface area contributed by atoms with Crippen LogP contribution in [0.25, 0.3) is 0 Å². The van der Waals surface area contributed by atoms with Gasteiger partial charge in [0, 0.05) is 5.41 Å². The van der Waals surface area contributed by atoms with E-state index in [0.717, 1.165) is 6.42 Å². The molecule has 27 heteroatoms. The van der Waals surface area contributed by atoms with E-state index in [0.29, 0.717) is 57.8 Å². The summed E-state index contributed by atoms with van der Waals surface area (Å²) in [6.07, 6.45) is -31.7. The largest absolute Gasteiger partial charge is 0.432 e. The molecule has 27 nitrogen and oxygen atoms in total. The van der Waals surface area contributed by atoms with E-state index in [2.05, 4.69) is 40.7 Å². The zero-order valence-corrected chi connectivity index (χ0v) is 50.0. The maximum absolute atomic E-state index is 15.2. The second kappa shape index (κ2) is 24.9. The number of esters is 1. The summed E-state index contributed by atoms with van der Waals surface area (Å²) in [7, 11) is 0. The van der Waals surface area contributed by atoms with Crippen LogP contribution in [0.4, 0.5) is 0 Å². The Bertz CT molecular complexity index is 2380. The van der Waals surface area contributed by atoms with E-state index in [1.54, 1.807) is 0 Å². The number of rotatable bonds is 14. The third-order valence-electron chi connectivity index (χ3n) is 23.2. The average molecular weight is 1240 g/mol. The molecule has 5 saturated heterocycles. The van der Waals surface area contributed by atoms with E-state index < -0.39 is 196 Å². The second-order valence-electron chi connectivity index (χ2n) is 28.5. The van der Waals surface area contributed by atoms with Crippen molar-refractivity contribution in [2.24, 2.45) is 50.2 Å². The van der Waals surface area contributed by atoms with Crippen LogP contribution in [0.3, 0.4) is 0 Å². The van der Waals surface area contributed by atoms with Gasteiger partial charge in [0.1, 0.15) is 110 Å². The van der Waals surface area contributed by atoms with Crippen LogP contribution < -0.4 is 0 Å². The van der Waals surface area contributed by atoms with Crippen LogP contribution in [-0.2, 0) is 52.2 Å². The minimum atomic E-state index is -1.90. The van der Waals surface area contributed by atoms with Crippen molar-refractivity contribution >= 4 is 5.97 Å². The highest BCUT2D eigenvalue weighted by atomic mass is 16.8. The van der Waals surface area contributed by atoms with Crippen LogP contribution in [0.1, 0.15) is 113 Å². The monoisotopic (exact) mass is 1240 g/mol. The molecule has 0 aromatic heterocycles. The summed E-state index contributed by atoms with van der Waals surface area (Å²) >= 11 is 0. The highest BCUT2D eigenvalue weighted by Crippen LogP contribution is 2.76. The smallest absolute Gasteiger partial charge is 0.315 e. The van der Waals surface area contributed by atoms with E-state index in [1.807, 2.05) is 6.92 Å². The molecule has 16 N–H and O–H groups in total. The van der Waals surface area contributed by atoms with Crippen LogP contribution in [0.15, 0.2) is 11.6 Å². The molecule has 0 radical (unpaired) electrons. The Morgan fingerprint density at radius 2 is 1.13 bits per heavy atom. The molecule has 0 spiro atoms. The summed E-state index contributed by atoms with van der Waals surface area (Å²) in [5, 5.41) is 172. The highest BCUT2D eigenvalue weighted by molar-refractivity contribution is 5.79. The first kappa shape index (κ1) is 67.1. The molecule has 5 aliphatic heterocycles. The maximum atomic E-state index is 15.2. The lowest BCUT2D eigenvalue weighted by Crippen LogP contribution is -2.67. The number of aliphatic hydroxyl groups is 16. The fraction of sp³-hybridized carbons (Fsp3) is 0.949. The van der Waals surface area contributed by atoms with Crippen molar-refractivity contribution in [2.45, 2.75) is 266 Å². The van der Waals surface area contributed by atoms with Crippen molar-refractivity contribution < 1.29 is 134 Å². The van der Waals surface area contributed by atoms with Crippen molar-refractivity contribution in [3.63, 3.8) is 0 Å². The molecular weight excluding hydrogens is 1140 g/mol. The number of fused-ring (bicyclic) bond motifs is 7. The van der Waals surface area contributed by atoms with E-state index in [1.165, 1.54) is 12.5 Å². The summed E-state index contributed by atoms with van der Waals surface area (Å²) in [6, 6.07) is 0. The summed E-state index contributed by atoms with van der Waals surface area (Å²) in [5.41, 5.74) is -2.12. The Labute approximate surface area is 499 Å². The van der Waals surface area contributed by atoms with Gasteiger partial charge >= 0.3 is 5.97 Å². The zero-order chi connectivity index (χ0) is 62.7. The van der Waals surface area contributed by atoms with Crippen molar-refractivity contribution in [1.82, 2.24) is 0 Å². The van der Waals surface area contributed by atoms with Crippen LogP contribution in [-0.4, -0.2) is 274 Å². The summed E-state index contributed by atoms with van der Waals surface area (Å²) in [4.78, 5) is 15.2. The lowest BCUT2D eigenvalue weighted by atomic mass is 9.33. The molecule has 494 valence electrons. The number of hydrogen-bond donors (Lipinski definition) is 16. The van der Waals surface area contributed by atoms with E-state index >= 15 is 4.79 Å². The van der Waals surface area contributed by atoms with Crippen molar-refractivity contribution in [3.8, 4) is 0 Å². The number of hydrogen-bond acceptors (Lipinski definition) is 27. The lowest BCUT2D eigenvalue weighted by Gasteiger charge is -2.71. The van der Waals surface area contributed by atoms with Gasteiger partial charge in [-0.3, -0.25) is 4.79 Å². The van der Waals surface area contributed by atoms with Crippen LogP contribution in [0.5, 0.6) is 0 Å². The molecule has 10 rings (SSSR count). The van der Waals surface area contributed by atoms with Crippen molar-refractivity contribution in [3.05, 3.63) is 11.6 Å². The SMILES string of the molecule is C[C@H]1O[C@@H](O[C@H]2[C@H](OC3CCC4(C)C(CCC5(C)C4CC=C4C6CC(C)(C)CCC6(C(=O)O[C@@H]6O[C@H](CO[C@@H]7O[C@H](CO)[C@@H](O)[C@H](O)[C@H]7O)[C@@H](O)[C@H](O)[C@H]6O)CCC45C)C3(C)CO)OC[C@H](O)[C@@H]2O)[C@H](O[C@@H]2O[C@H](CO)[C@@H](O)[C@@H](O)[C@H]2O)[C@H](O)[C@@H]1O. The molecule has 0 aromatic carbocycles. The van der Waals surface area contributed by atoms with Gasteiger partial charge in [-0.1, -0.05) is 53.2 Å². The Balaban J connectivity index is 0.862. The first-order chi connectivity index (χ1) is 40.4. The predicted molar refractivity (Wildman–Crippen MR) is 289 cm³/mol. The van der Waals surface area contributed by atoms with Gasteiger partial charge in [0.2, 0.25) is 6.29 Å². The van der Waals surface area contributed by atoms with Gasteiger partial charge in [0.25, 0.3) is 0 Å². The van der Waals surface area contributed by atoms with Crippen LogP contribution in [0, 0.1) is 50.2 Å². The van der Waals surface area contributed by atoms with Gasteiger partial charge in [-0.05, 0) is 111 Å². The number of carbonyl (C=O) groups is 1. The first-order valence-corrected chi connectivity index (χ1v) is 30.8. The molecule has 5 aliphatic carbocycles. The highest BCUT2D eigenvalue weighted by Gasteiger charge is 2.71. The van der Waals surface area contributed by atoms with E-state index in [-0.39, 0.29) is 47.2 Å². The summed E-state index contributed by atoms with van der Waals surface area (Å²) in [6.45, 7) is 12.0. The van der Waals surface area contributed by atoms with E-state index in [4.69, 9.17) is 47.4 Å². The standard InChI is InChI=1S/C59H96O27/c1-24-34(64)42(72)47(84-49-44(74)40(70)37(67)29(20-61)81-49)52(79-24)85-46-35(65)27(63)21-77-51(46)83-33-11-12-55(4)31(56(33,5)23-62)10-13-58(7)32(55)9-8-25-26-18-54(2,3)14-16-59(26,17-15-57(25,58)6)53(76)86-50-45(75)41(71)38(68)30(82-50)22-78-48-43(73)39(69)36(66)28(19-60)80-48/h8,24,26-52,60-75H,9-23H2,1-7H3/t24-,26?,27+,28-,29-,30-,31?,32?,33?,34-,35+,36-,37-,38-,39+,40-,41+,42-,43-,44-,45-,46-,47-,48-,49+,50+,51+,52+,55?,56?,57?,58?,59?/m1/s1. The second-order valence-corrected chi connectivity index (χ2v) is 28.5. The quantitative estimate of drug-likeness (QED) is 0.0454. The predicted octanol–water partition coefficient (Wildman–Crippen LogP) is -3.57. The Kier molecular flexibility index (Phi) is 19.4. The summed E-state index contributed by atoms with van der Waals surface area (Å²) in [5.74, 6) is -0.952. The van der Waals surface area contributed by atoms with Crippen LogP contribution >= 0.6 is 0 Å². The van der Waals surface area contributed by atoms with Crippen molar-refractivity contribution in [1.29, 1.82) is 0 Å². The van der Waals surface area contributed by atoms with Gasteiger partial charge in [0.15, 0.2) is 25.2 Å². The van der Waals surface area contributed by atoms with Gasteiger partial charge in [-0.15, -0.1) is 0 Å². The Morgan fingerprint density at radius 1 is 0.558 bits per heavy atom. The van der Waals surface area contributed by atoms with Crippen molar-refractivity contribution in [2.75, 3.05) is 33.0 Å². The Morgan fingerprint density at radius 3 is 1.77 bits per heavy atom. The average Bonchev–Trinajstić information content (AvgIpc) is 0.684. The first-order valence-electron chi connectivity index (χ1n) is 30.8. The number of carbonyl (C=O) groups excluding carboxylic acids is 1. The maximum Gasteiger partial charge on any atom is 0.315 e. The molecule has 0 bridgehead atoms. The zero-order valence-electron chi connectivity index (χ0n) is 50.0. The normalized spacial score (nSPS) is 54.8.